The molecule has 2 rings (SSSR count). The summed E-state index contributed by atoms with van der Waals surface area (Å²) in [5, 5.41) is 2.72. The second-order valence-electron chi connectivity index (χ2n) is 5.41. The minimum absolute atomic E-state index is 0.222. The van der Waals surface area contributed by atoms with E-state index in [1.165, 1.54) is 24.3 Å². The van der Waals surface area contributed by atoms with Gasteiger partial charge in [-0.1, -0.05) is 42.5 Å². The smallest absolute Gasteiger partial charge is 0.235 e. The number of hydrogen-bond donors (Lipinski definition) is 2. The molecule has 0 aromatic heterocycles. The largest absolute Gasteiger partial charge is 0.348 e. The molecule has 0 aliphatic carbocycles. The highest BCUT2D eigenvalue weighted by molar-refractivity contribution is 7.88. The number of nitrogens with one attached hydrogen (secondary N) is 2. The summed E-state index contributed by atoms with van der Waals surface area (Å²) in [7, 11) is -3.68. The van der Waals surface area contributed by atoms with Gasteiger partial charge in [-0.15, -0.1) is 0 Å². The van der Waals surface area contributed by atoms with Gasteiger partial charge >= 0.3 is 0 Å². The lowest BCUT2D eigenvalue weighted by atomic mass is 10.1. The maximum absolute atomic E-state index is 12.8. The summed E-state index contributed by atoms with van der Waals surface area (Å²) in [6, 6.07) is 14.3. The molecule has 1 amide bonds. The Morgan fingerprint density at radius 3 is 2.33 bits per heavy atom. The van der Waals surface area contributed by atoms with E-state index in [2.05, 4.69) is 10.0 Å². The molecule has 7 heteroatoms. The van der Waals surface area contributed by atoms with Gasteiger partial charge in [0.25, 0.3) is 0 Å². The average Bonchev–Trinajstić information content (AvgIpc) is 2.56. The molecule has 2 aromatic carbocycles. The molecule has 0 fully saturated rings. The van der Waals surface area contributed by atoms with Gasteiger partial charge in [0.05, 0.1) is 18.3 Å². The van der Waals surface area contributed by atoms with Crippen molar-refractivity contribution in [2.45, 2.75) is 18.7 Å². The van der Waals surface area contributed by atoms with Crippen molar-refractivity contribution >= 4 is 15.9 Å². The lowest BCUT2D eigenvalue weighted by Gasteiger charge is -2.14. The van der Waals surface area contributed by atoms with Gasteiger partial charge in [0.15, 0.2) is 0 Å². The Kier molecular flexibility index (Phi) is 6.05. The molecule has 0 radical (unpaired) electrons. The second kappa shape index (κ2) is 8.03. The maximum Gasteiger partial charge on any atom is 0.235 e. The van der Waals surface area contributed by atoms with Crippen LogP contribution in [-0.4, -0.2) is 20.9 Å². The molecule has 1 unspecified atom stereocenters. The molecule has 128 valence electrons. The molecule has 0 bridgehead atoms. The Balaban J connectivity index is 1.85. The highest BCUT2D eigenvalue weighted by atomic mass is 32.2. The zero-order chi connectivity index (χ0) is 17.6. The highest BCUT2D eigenvalue weighted by Crippen LogP contribution is 2.10. The molecule has 0 aliphatic heterocycles. The number of benzene rings is 2. The van der Waals surface area contributed by atoms with E-state index in [-0.39, 0.29) is 18.3 Å². The van der Waals surface area contributed by atoms with Gasteiger partial charge in [0.2, 0.25) is 15.9 Å². The van der Waals surface area contributed by atoms with Gasteiger partial charge in [-0.2, -0.15) is 0 Å². The van der Waals surface area contributed by atoms with Gasteiger partial charge in [0, 0.05) is 0 Å². The van der Waals surface area contributed by atoms with Crippen molar-refractivity contribution in [2.75, 3.05) is 6.54 Å². The van der Waals surface area contributed by atoms with Crippen LogP contribution in [0.4, 0.5) is 4.39 Å². The minimum atomic E-state index is -3.68. The van der Waals surface area contributed by atoms with Crippen molar-refractivity contribution in [3.8, 4) is 0 Å². The van der Waals surface area contributed by atoms with Crippen molar-refractivity contribution in [1.29, 1.82) is 0 Å². The highest BCUT2D eigenvalue weighted by Gasteiger charge is 2.15. The fourth-order valence-electron chi connectivity index (χ4n) is 2.14. The van der Waals surface area contributed by atoms with Crippen LogP contribution >= 0.6 is 0 Å². The standard InChI is InChI=1S/C17H19FN2O3S/c1-13(15-5-3-2-4-6-15)20-17(21)11-19-24(22,23)12-14-7-9-16(18)10-8-14/h2-10,13,19H,11-12H2,1H3,(H,20,21). The average molecular weight is 350 g/mol. The Hall–Kier alpha value is -2.25. The first-order chi connectivity index (χ1) is 11.4. The van der Waals surface area contributed by atoms with Crippen LogP contribution in [0.3, 0.4) is 0 Å². The van der Waals surface area contributed by atoms with Gasteiger partial charge in [-0.05, 0) is 30.2 Å². The predicted molar refractivity (Wildman–Crippen MR) is 90.0 cm³/mol. The zero-order valence-electron chi connectivity index (χ0n) is 13.2. The molecule has 0 saturated heterocycles. The summed E-state index contributed by atoms with van der Waals surface area (Å²) in [4.78, 5) is 11.9. The van der Waals surface area contributed by atoms with E-state index in [1.54, 1.807) is 0 Å². The van der Waals surface area contributed by atoms with Crippen molar-refractivity contribution < 1.29 is 17.6 Å². The van der Waals surface area contributed by atoms with E-state index in [1.807, 2.05) is 37.3 Å². The van der Waals surface area contributed by atoms with E-state index in [0.29, 0.717) is 5.56 Å². The summed E-state index contributed by atoms with van der Waals surface area (Å²) < 4.78 is 39.0. The number of halogens is 1. The van der Waals surface area contributed by atoms with E-state index >= 15 is 0 Å². The molecule has 2 N–H and O–H groups in total. The first-order valence-corrected chi connectivity index (χ1v) is 9.07. The lowest BCUT2D eigenvalue weighted by molar-refractivity contribution is -0.120. The molecular weight excluding hydrogens is 331 g/mol. The molecule has 24 heavy (non-hydrogen) atoms. The lowest BCUT2D eigenvalue weighted by Crippen LogP contribution is -2.38. The molecule has 0 heterocycles. The number of carbonyl (C=O) groups is 1. The van der Waals surface area contributed by atoms with E-state index < -0.39 is 21.7 Å². The number of carbonyl (C=O) groups excluding carboxylic acids is 1. The minimum Gasteiger partial charge on any atom is -0.348 e. The zero-order valence-corrected chi connectivity index (χ0v) is 14.0. The summed E-state index contributed by atoms with van der Waals surface area (Å²) in [5.74, 6) is -1.16. The Morgan fingerprint density at radius 1 is 1.08 bits per heavy atom. The van der Waals surface area contributed by atoms with Crippen LogP contribution in [-0.2, 0) is 20.6 Å². The van der Waals surface area contributed by atoms with Crippen LogP contribution in [0, 0.1) is 5.82 Å². The molecule has 0 saturated carbocycles. The number of amides is 1. The quantitative estimate of drug-likeness (QED) is 0.803. The summed E-state index contributed by atoms with van der Waals surface area (Å²) in [6.07, 6.45) is 0. The third kappa shape index (κ3) is 5.75. The van der Waals surface area contributed by atoms with Crippen molar-refractivity contribution in [2.24, 2.45) is 0 Å². The van der Waals surface area contributed by atoms with Gasteiger partial charge in [-0.3, -0.25) is 4.79 Å². The second-order valence-corrected chi connectivity index (χ2v) is 7.21. The number of sulfonamides is 1. The van der Waals surface area contributed by atoms with Crippen LogP contribution in [0.15, 0.2) is 54.6 Å². The van der Waals surface area contributed by atoms with E-state index in [0.717, 1.165) is 5.56 Å². The molecule has 5 nitrogen and oxygen atoms in total. The summed E-state index contributed by atoms with van der Waals surface area (Å²) >= 11 is 0. The van der Waals surface area contributed by atoms with Crippen LogP contribution in [0.1, 0.15) is 24.1 Å². The summed E-state index contributed by atoms with van der Waals surface area (Å²) in [6.45, 7) is 1.47. The fourth-order valence-corrected chi connectivity index (χ4v) is 3.23. The van der Waals surface area contributed by atoms with Crippen molar-refractivity contribution in [3.63, 3.8) is 0 Å². The van der Waals surface area contributed by atoms with E-state index in [4.69, 9.17) is 0 Å². The van der Waals surface area contributed by atoms with Crippen LogP contribution in [0.2, 0.25) is 0 Å². The predicted octanol–water partition coefficient (Wildman–Crippen LogP) is 2.12. The van der Waals surface area contributed by atoms with Crippen molar-refractivity contribution in [3.05, 3.63) is 71.5 Å². The topological polar surface area (TPSA) is 75.3 Å². The van der Waals surface area contributed by atoms with Crippen LogP contribution in [0.25, 0.3) is 0 Å². The number of hydrogen-bond acceptors (Lipinski definition) is 3. The van der Waals surface area contributed by atoms with Crippen molar-refractivity contribution in [1.82, 2.24) is 10.0 Å². The third-order valence-electron chi connectivity index (χ3n) is 3.40. The fraction of sp³-hybridized carbons (Fsp3) is 0.235. The van der Waals surface area contributed by atoms with Gasteiger partial charge < -0.3 is 5.32 Å². The van der Waals surface area contributed by atoms with E-state index in [9.17, 15) is 17.6 Å². The Bertz CT molecular complexity index is 777. The SMILES string of the molecule is CC(NC(=O)CNS(=O)(=O)Cc1ccc(F)cc1)c1ccccc1. The number of rotatable bonds is 7. The Labute approximate surface area is 141 Å². The monoisotopic (exact) mass is 350 g/mol. The first-order valence-electron chi connectivity index (χ1n) is 7.42. The third-order valence-corrected chi connectivity index (χ3v) is 4.70. The molecular formula is C17H19FN2O3S. The van der Waals surface area contributed by atoms with Crippen LogP contribution in [0.5, 0.6) is 0 Å². The van der Waals surface area contributed by atoms with Gasteiger partial charge in [0.1, 0.15) is 5.82 Å². The Morgan fingerprint density at radius 2 is 1.71 bits per heavy atom. The maximum atomic E-state index is 12.8. The summed E-state index contributed by atoms with van der Waals surface area (Å²) in [5.41, 5.74) is 1.38. The van der Waals surface area contributed by atoms with Gasteiger partial charge in [-0.25, -0.2) is 17.5 Å². The molecule has 0 aliphatic rings. The first kappa shape index (κ1) is 18.1. The normalized spacial score (nSPS) is 12.6. The van der Waals surface area contributed by atoms with Crippen LogP contribution < -0.4 is 10.0 Å². The molecule has 2 aromatic rings. The molecule has 1 atom stereocenters. The molecule has 0 spiro atoms.